The van der Waals surface area contributed by atoms with Crippen LogP contribution < -0.4 is 5.32 Å². The highest BCUT2D eigenvalue weighted by atomic mass is 32.1. The summed E-state index contributed by atoms with van der Waals surface area (Å²) in [7, 11) is 0. The summed E-state index contributed by atoms with van der Waals surface area (Å²) in [5, 5.41) is 5.00. The van der Waals surface area contributed by atoms with E-state index in [4.69, 9.17) is 9.97 Å². The Morgan fingerprint density at radius 3 is 1.67 bits per heavy atom. The number of amides is 4. The van der Waals surface area contributed by atoms with Crippen LogP contribution in [0.15, 0.2) is 122 Å². The first kappa shape index (κ1) is 37.9. The first-order valence-electron chi connectivity index (χ1n) is 20.4. The number of hydrogen-bond acceptors (Lipinski definition) is 7. The molecule has 3 atom stereocenters. The maximum atomic E-state index is 14.2. The van der Waals surface area contributed by atoms with Crippen molar-refractivity contribution in [1.29, 1.82) is 0 Å². The first-order valence-corrected chi connectivity index (χ1v) is 22.0. The molecule has 2 aromatic heterocycles. The van der Waals surface area contributed by atoms with Crippen molar-refractivity contribution in [2.45, 2.75) is 63.1 Å². The summed E-state index contributed by atoms with van der Waals surface area (Å²) in [4.78, 5) is 58.2. The zero-order valence-electron chi connectivity index (χ0n) is 32.3. The molecule has 1 N–H and O–H groups in total. The molecule has 0 spiro atoms. The van der Waals surface area contributed by atoms with E-state index >= 15 is 0 Å². The van der Waals surface area contributed by atoms with Crippen molar-refractivity contribution in [2.24, 2.45) is 0 Å². The fourth-order valence-corrected chi connectivity index (χ4v) is 10.7. The molecular weight excluding hydrogens is 761 g/mol. The second kappa shape index (κ2) is 17.1. The molecule has 11 heteroatoms. The third kappa shape index (κ3) is 8.06. The predicted octanol–water partition coefficient (Wildman–Crippen LogP) is 9.72. The highest BCUT2D eigenvalue weighted by Crippen LogP contribution is 2.40. The van der Waals surface area contributed by atoms with Crippen molar-refractivity contribution in [3.63, 3.8) is 0 Å². The molecular formula is C47H46N6O3S2. The number of benzene rings is 4. The molecule has 4 aromatic carbocycles. The second-order valence-corrected chi connectivity index (χ2v) is 17.5. The van der Waals surface area contributed by atoms with Crippen molar-refractivity contribution in [3.8, 4) is 32.0 Å². The molecule has 58 heavy (non-hydrogen) atoms. The maximum absolute atomic E-state index is 14.2. The Bertz CT molecular complexity index is 2360. The molecule has 294 valence electrons. The van der Waals surface area contributed by atoms with Crippen LogP contribution in [0.1, 0.15) is 77.8 Å². The highest BCUT2D eigenvalue weighted by molar-refractivity contribution is 7.15. The monoisotopic (exact) mass is 806 g/mol. The lowest BCUT2D eigenvalue weighted by atomic mass is 10.0. The number of carbonyl (C=O) groups is 3. The lowest BCUT2D eigenvalue weighted by Crippen LogP contribution is -2.46. The minimum Gasteiger partial charge on any atom is -0.333 e. The normalized spacial score (nSPS) is 18.4. The van der Waals surface area contributed by atoms with Crippen molar-refractivity contribution in [1.82, 2.24) is 30.0 Å². The summed E-state index contributed by atoms with van der Waals surface area (Å²) in [6.07, 6.45) is 9.93. The largest absolute Gasteiger partial charge is 0.333 e. The van der Waals surface area contributed by atoms with Crippen LogP contribution in [0.4, 0.5) is 4.79 Å². The van der Waals surface area contributed by atoms with Gasteiger partial charge in [-0.1, -0.05) is 109 Å². The molecule has 5 heterocycles. The van der Waals surface area contributed by atoms with Gasteiger partial charge in [-0.2, -0.15) is 0 Å². The first-order chi connectivity index (χ1) is 28.5. The van der Waals surface area contributed by atoms with Crippen LogP contribution >= 0.6 is 22.7 Å². The minimum absolute atomic E-state index is 0.0349. The van der Waals surface area contributed by atoms with Crippen molar-refractivity contribution in [2.75, 3.05) is 26.2 Å². The SMILES string of the molecule is O=C(N[C@H](C(=O)N1CCC[C@H]1c1ncc(-c2ccc(-c3ccc(-c4cnc([C@@H]5CCCN5C(=O)Cc5ccccc5)s4)cc3)cc2)s1)c1ccccc1)N1CCCC1. The van der Waals surface area contributed by atoms with Gasteiger partial charge in [-0.25, -0.2) is 14.8 Å². The summed E-state index contributed by atoms with van der Waals surface area (Å²) in [5.41, 5.74) is 6.28. The molecule has 0 radical (unpaired) electrons. The fraction of sp³-hybridized carbons (Fsp3) is 0.298. The van der Waals surface area contributed by atoms with E-state index in [9.17, 15) is 14.4 Å². The third-order valence-electron chi connectivity index (χ3n) is 11.6. The van der Waals surface area contributed by atoms with Gasteiger partial charge in [0.2, 0.25) is 11.8 Å². The Labute approximate surface area is 347 Å². The Balaban J connectivity index is 0.851. The summed E-state index contributed by atoms with van der Waals surface area (Å²) < 4.78 is 0. The molecule has 9 nitrogen and oxygen atoms in total. The number of rotatable bonds is 10. The van der Waals surface area contributed by atoms with Gasteiger partial charge >= 0.3 is 6.03 Å². The lowest BCUT2D eigenvalue weighted by molar-refractivity contribution is -0.134. The molecule has 4 amide bonds. The van der Waals surface area contributed by atoms with Crippen LogP contribution in [0, 0.1) is 0 Å². The molecule has 9 rings (SSSR count). The maximum Gasteiger partial charge on any atom is 0.318 e. The van der Waals surface area contributed by atoms with E-state index < -0.39 is 6.04 Å². The summed E-state index contributed by atoms with van der Waals surface area (Å²) in [6, 6.07) is 35.7. The van der Waals surface area contributed by atoms with Crippen LogP contribution in [0.2, 0.25) is 0 Å². The van der Waals surface area contributed by atoms with Gasteiger partial charge < -0.3 is 20.0 Å². The van der Waals surface area contributed by atoms with Gasteiger partial charge in [-0.15, -0.1) is 22.7 Å². The van der Waals surface area contributed by atoms with E-state index in [2.05, 4.69) is 53.8 Å². The number of hydrogen-bond donors (Lipinski definition) is 1. The zero-order valence-corrected chi connectivity index (χ0v) is 34.0. The number of aromatic nitrogens is 2. The van der Waals surface area contributed by atoms with E-state index in [0.29, 0.717) is 13.0 Å². The third-order valence-corrected chi connectivity index (χ3v) is 13.9. The summed E-state index contributed by atoms with van der Waals surface area (Å²) in [6.45, 7) is 2.85. The lowest BCUT2D eigenvalue weighted by Gasteiger charge is -2.29. The van der Waals surface area contributed by atoms with Crippen LogP contribution in [0.25, 0.3) is 32.0 Å². The van der Waals surface area contributed by atoms with Crippen LogP contribution in [0.5, 0.6) is 0 Å². The van der Waals surface area contributed by atoms with Gasteiger partial charge in [0.25, 0.3) is 0 Å². The fourth-order valence-electron chi connectivity index (χ4n) is 8.52. The quantitative estimate of drug-likeness (QED) is 0.149. The van der Waals surface area contributed by atoms with Crippen molar-refractivity contribution in [3.05, 3.63) is 143 Å². The number of likely N-dealkylation sites (tertiary alicyclic amines) is 3. The van der Waals surface area contributed by atoms with E-state index in [1.807, 2.05) is 82.9 Å². The molecule has 0 saturated carbocycles. The number of nitrogens with zero attached hydrogens (tertiary/aromatic N) is 5. The Morgan fingerprint density at radius 1 is 0.603 bits per heavy atom. The van der Waals surface area contributed by atoms with E-state index in [0.717, 1.165) is 111 Å². The second-order valence-electron chi connectivity index (χ2n) is 15.4. The summed E-state index contributed by atoms with van der Waals surface area (Å²) >= 11 is 3.31. The highest BCUT2D eigenvalue weighted by Gasteiger charge is 2.38. The minimum atomic E-state index is -0.749. The number of carbonyl (C=O) groups excluding carboxylic acids is 3. The Kier molecular flexibility index (Phi) is 11.1. The Morgan fingerprint density at radius 2 is 1.10 bits per heavy atom. The number of thiazole rings is 2. The van der Waals surface area contributed by atoms with Crippen LogP contribution in [-0.2, 0) is 16.0 Å². The molecule has 0 unspecified atom stereocenters. The van der Waals surface area contributed by atoms with E-state index in [1.54, 1.807) is 27.6 Å². The average Bonchev–Trinajstić information content (AvgIpc) is 4.13. The van der Waals surface area contributed by atoms with Gasteiger partial charge in [0, 0.05) is 38.6 Å². The van der Waals surface area contributed by atoms with E-state index in [-0.39, 0.29) is 29.9 Å². The van der Waals surface area contributed by atoms with Gasteiger partial charge in [0.15, 0.2) is 0 Å². The van der Waals surface area contributed by atoms with Gasteiger partial charge in [0.05, 0.1) is 28.3 Å². The van der Waals surface area contributed by atoms with Gasteiger partial charge in [-0.05, 0) is 71.9 Å². The van der Waals surface area contributed by atoms with Crippen LogP contribution in [-0.4, -0.2) is 68.7 Å². The molecule has 0 aliphatic carbocycles. The molecule has 3 aliphatic heterocycles. The molecule has 3 fully saturated rings. The Hall–Kier alpha value is -5.65. The molecule has 6 aromatic rings. The standard InChI is InChI=1S/C47H46N6O3S2/c54-42(29-32-11-3-1-4-12-32)52-27-9-15-38(52)44-48-30-40(57-44)35-21-17-33(18-22-35)34-19-23-36(24-20-34)41-31-49-45(58-41)39-16-10-28-53(39)46(55)43(37-13-5-2-6-14-37)50-47(56)51-25-7-8-26-51/h1-6,11-14,17-24,30-31,38-39,43H,7-10,15-16,25-29H2,(H,50,56)/t38-,39-,43-/m0/s1. The van der Waals surface area contributed by atoms with Gasteiger partial charge in [-0.3, -0.25) is 9.59 Å². The van der Waals surface area contributed by atoms with Crippen molar-refractivity contribution < 1.29 is 14.4 Å². The topological polar surface area (TPSA) is 98.7 Å². The summed E-state index contributed by atoms with van der Waals surface area (Å²) in [5.74, 6) is 0.0766. The smallest absolute Gasteiger partial charge is 0.318 e. The number of nitrogens with one attached hydrogen (secondary N) is 1. The molecule has 3 aliphatic rings. The number of urea groups is 1. The van der Waals surface area contributed by atoms with Crippen molar-refractivity contribution >= 4 is 40.5 Å². The average molecular weight is 807 g/mol. The van der Waals surface area contributed by atoms with E-state index in [1.165, 1.54) is 0 Å². The zero-order chi connectivity index (χ0) is 39.4. The predicted molar refractivity (Wildman–Crippen MR) is 230 cm³/mol. The van der Waals surface area contributed by atoms with Crippen LogP contribution in [0.3, 0.4) is 0 Å². The van der Waals surface area contributed by atoms with Gasteiger partial charge in [0.1, 0.15) is 16.1 Å². The molecule has 3 saturated heterocycles. The molecule has 0 bridgehead atoms.